The fourth-order valence-corrected chi connectivity index (χ4v) is 8.94. The molecular formula is C36H49NO4S. The molecule has 5 nitrogen and oxygen atoms in total. The Morgan fingerprint density at radius 2 is 1.83 bits per heavy atom. The number of carbonyl (C=O) groups excluding carboxylic acids is 3. The van der Waals surface area contributed by atoms with Crippen molar-refractivity contribution in [1.82, 2.24) is 4.90 Å². The number of nitrogens with zero attached hydrogens (tertiary/aromatic N) is 1. The monoisotopic (exact) mass is 591 g/mol. The van der Waals surface area contributed by atoms with Gasteiger partial charge >= 0.3 is 0 Å². The van der Waals surface area contributed by atoms with Gasteiger partial charge in [0.15, 0.2) is 5.78 Å². The number of amides is 1. The molecule has 6 heteroatoms. The largest absolute Gasteiger partial charge is 0.494 e. The van der Waals surface area contributed by atoms with Crippen molar-refractivity contribution < 1.29 is 19.1 Å². The Morgan fingerprint density at radius 1 is 1.02 bits per heavy atom. The maximum absolute atomic E-state index is 13.2. The number of hydrogen-bond donors (Lipinski definition) is 0. The Bertz CT molecular complexity index is 1220. The fourth-order valence-electron chi connectivity index (χ4n) is 7.99. The van der Waals surface area contributed by atoms with Crippen LogP contribution >= 0.6 is 11.8 Å². The van der Waals surface area contributed by atoms with Crippen molar-refractivity contribution in [2.24, 2.45) is 17.3 Å². The van der Waals surface area contributed by atoms with Gasteiger partial charge < -0.3 is 9.64 Å². The van der Waals surface area contributed by atoms with E-state index in [1.807, 2.05) is 18.0 Å². The van der Waals surface area contributed by atoms with Gasteiger partial charge in [-0.3, -0.25) is 14.4 Å². The van der Waals surface area contributed by atoms with Crippen LogP contribution < -0.4 is 4.74 Å². The molecule has 0 radical (unpaired) electrons. The zero-order valence-electron chi connectivity index (χ0n) is 25.9. The summed E-state index contributed by atoms with van der Waals surface area (Å²) in [5.74, 6) is 4.56. The van der Waals surface area contributed by atoms with Crippen LogP contribution in [-0.4, -0.2) is 54.1 Å². The van der Waals surface area contributed by atoms with Crippen LogP contribution in [0.1, 0.15) is 102 Å². The minimum absolute atomic E-state index is 0.232. The number of carbonyl (C=O) groups is 3. The highest BCUT2D eigenvalue weighted by atomic mass is 32.2. The molecule has 5 rings (SSSR count). The molecule has 2 saturated carbocycles. The van der Waals surface area contributed by atoms with Gasteiger partial charge in [-0.2, -0.15) is 11.8 Å². The van der Waals surface area contributed by atoms with E-state index in [4.69, 9.17) is 4.74 Å². The molecule has 42 heavy (non-hydrogen) atoms. The first-order chi connectivity index (χ1) is 20.3. The summed E-state index contributed by atoms with van der Waals surface area (Å²) < 4.78 is 6.09. The molecule has 4 atom stereocenters. The van der Waals surface area contributed by atoms with E-state index in [9.17, 15) is 14.4 Å². The lowest BCUT2D eigenvalue weighted by atomic mass is 9.53. The van der Waals surface area contributed by atoms with E-state index < -0.39 is 0 Å². The summed E-state index contributed by atoms with van der Waals surface area (Å²) in [5, 5.41) is 0. The number of benzene rings is 1. The van der Waals surface area contributed by atoms with Crippen LogP contribution in [0, 0.1) is 17.3 Å². The molecule has 0 aliphatic heterocycles. The van der Waals surface area contributed by atoms with Gasteiger partial charge in [0.1, 0.15) is 11.5 Å². The van der Waals surface area contributed by atoms with Crippen molar-refractivity contribution in [3.05, 3.63) is 52.6 Å². The van der Waals surface area contributed by atoms with Crippen molar-refractivity contribution in [2.45, 2.75) is 96.8 Å². The lowest BCUT2D eigenvalue weighted by molar-refractivity contribution is -0.128. The van der Waals surface area contributed by atoms with Gasteiger partial charge in [-0.15, -0.1) is 0 Å². The molecule has 4 aliphatic carbocycles. The minimum atomic E-state index is -0.239. The summed E-state index contributed by atoms with van der Waals surface area (Å²) in [4.78, 5) is 39.4. The number of thioether (sulfide) groups is 1. The summed E-state index contributed by atoms with van der Waals surface area (Å²) in [6, 6.07) is 8.62. The van der Waals surface area contributed by atoms with Gasteiger partial charge in [0.2, 0.25) is 5.91 Å². The molecule has 0 spiro atoms. The topological polar surface area (TPSA) is 63.7 Å². The van der Waals surface area contributed by atoms with E-state index in [-0.39, 0.29) is 23.0 Å². The summed E-state index contributed by atoms with van der Waals surface area (Å²) in [5.41, 5.74) is 5.28. The molecule has 0 heterocycles. The molecule has 1 amide bonds. The van der Waals surface area contributed by atoms with E-state index in [2.05, 4.69) is 38.1 Å². The molecule has 2 fully saturated rings. The highest BCUT2D eigenvalue weighted by Gasteiger charge is 2.56. The second-order valence-corrected chi connectivity index (χ2v) is 14.3. The summed E-state index contributed by atoms with van der Waals surface area (Å²) in [6.45, 7) is 5.93. The van der Waals surface area contributed by atoms with Crippen LogP contribution in [0.2, 0.25) is 0 Å². The third kappa shape index (κ3) is 6.74. The quantitative estimate of drug-likeness (QED) is 0.220. The summed E-state index contributed by atoms with van der Waals surface area (Å²) in [6.07, 6.45) is 13.4. The molecule has 1 aromatic rings. The second kappa shape index (κ2) is 14.0. The molecule has 0 saturated heterocycles. The Balaban J connectivity index is 1.15. The molecule has 0 bridgehead atoms. The van der Waals surface area contributed by atoms with Crippen LogP contribution in [0.5, 0.6) is 5.75 Å². The molecule has 1 aromatic carbocycles. The molecule has 0 unspecified atom stereocenters. The van der Waals surface area contributed by atoms with Crippen molar-refractivity contribution in [3.63, 3.8) is 0 Å². The maximum atomic E-state index is 13.2. The number of ketones is 2. The van der Waals surface area contributed by atoms with Crippen LogP contribution in [0.4, 0.5) is 0 Å². The first kappa shape index (κ1) is 31.1. The van der Waals surface area contributed by atoms with Crippen LogP contribution in [0.15, 0.2) is 47.1 Å². The van der Waals surface area contributed by atoms with Gasteiger partial charge in [0.25, 0.3) is 0 Å². The van der Waals surface area contributed by atoms with Gasteiger partial charge in [0, 0.05) is 37.8 Å². The van der Waals surface area contributed by atoms with Crippen molar-refractivity contribution in [1.29, 1.82) is 0 Å². The van der Waals surface area contributed by atoms with Crippen LogP contribution in [0.3, 0.4) is 0 Å². The zero-order valence-corrected chi connectivity index (χ0v) is 26.7. The van der Waals surface area contributed by atoms with Crippen LogP contribution in [-0.2, 0) is 14.4 Å². The van der Waals surface area contributed by atoms with E-state index in [0.29, 0.717) is 42.8 Å². The third-order valence-electron chi connectivity index (χ3n) is 10.4. The standard InChI is InChI=1S/C36H49NO4S/c1-4-5-19-37(3)34(40)24-42-21-8-6-7-20-41-28-13-9-25(10-14-28)31-23-36(2)32(17-18-33(36)39)30-15-11-26-22-27(38)12-16-29(26)35(30)31/h9-10,13-14,22,30-32H,4-8,11-12,15-21,23-24H2,1-3H3/t30-,31+,32-,36-/m0/s1. The van der Waals surface area contributed by atoms with E-state index >= 15 is 0 Å². The van der Waals surface area contributed by atoms with Gasteiger partial charge in [-0.1, -0.05) is 38.0 Å². The zero-order chi connectivity index (χ0) is 29.7. The molecule has 4 aliphatic rings. The first-order valence-electron chi connectivity index (χ1n) is 16.4. The molecule has 0 aromatic heterocycles. The fraction of sp³-hybridized carbons (Fsp3) is 0.639. The second-order valence-electron chi connectivity index (χ2n) is 13.2. The van der Waals surface area contributed by atoms with E-state index in [0.717, 1.165) is 82.3 Å². The SMILES string of the molecule is CCCCN(C)C(=O)CSCCCCCOc1ccc([C@H]2C[C@]3(C)C(=O)CC[C@H]3[C@@H]3CCC4=CC(=O)CCC4=C32)cc1. The predicted octanol–water partition coefficient (Wildman–Crippen LogP) is 7.70. The Hall–Kier alpha value is -2.34. The van der Waals surface area contributed by atoms with E-state index in [1.54, 1.807) is 11.8 Å². The highest BCUT2D eigenvalue weighted by molar-refractivity contribution is 7.99. The smallest absolute Gasteiger partial charge is 0.232 e. The van der Waals surface area contributed by atoms with Crippen molar-refractivity contribution in [3.8, 4) is 5.75 Å². The highest BCUT2D eigenvalue weighted by Crippen LogP contribution is 2.62. The lowest BCUT2D eigenvalue weighted by Crippen LogP contribution is -2.43. The number of fused-ring (bicyclic) bond motifs is 4. The first-order valence-corrected chi connectivity index (χ1v) is 17.5. The Morgan fingerprint density at radius 3 is 2.62 bits per heavy atom. The number of unbranched alkanes of at least 4 members (excludes halogenated alkanes) is 3. The summed E-state index contributed by atoms with van der Waals surface area (Å²) >= 11 is 1.74. The lowest BCUT2D eigenvalue weighted by Gasteiger charge is -2.50. The Kier molecular flexibility index (Phi) is 10.3. The predicted molar refractivity (Wildman–Crippen MR) is 171 cm³/mol. The number of ether oxygens (including phenoxy) is 1. The van der Waals surface area contributed by atoms with E-state index in [1.165, 1.54) is 22.3 Å². The Labute approximate surface area is 256 Å². The third-order valence-corrected chi connectivity index (χ3v) is 11.5. The van der Waals surface area contributed by atoms with Crippen molar-refractivity contribution >= 4 is 29.2 Å². The maximum Gasteiger partial charge on any atom is 0.232 e. The molecule has 228 valence electrons. The molecule has 0 N–H and O–H groups in total. The van der Waals surface area contributed by atoms with Gasteiger partial charge in [-0.05, 0) is 110 Å². The number of Topliss-reactive ketones (excluding diaryl/α,β-unsaturated/α-hetero) is 1. The van der Waals surface area contributed by atoms with Gasteiger partial charge in [0.05, 0.1) is 12.4 Å². The molecular weight excluding hydrogens is 542 g/mol. The number of hydrogen-bond acceptors (Lipinski definition) is 5. The minimum Gasteiger partial charge on any atom is -0.494 e. The average molecular weight is 592 g/mol. The van der Waals surface area contributed by atoms with Gasteiger partial charge in [-0.25, -0.2) is 0 Å². The number of allylic oxidation sites excluding steroid dienone is 4. The normalized spacial score (nSPS) is 26.8. The summed E-state index contributed by atoms with van der Waals surface area (Å²) in [7, 11) is 1.90. The average Bonchev–Trinajstić information content (AvgIpc) is 3.30. The van der Waals surface area contributed by atoms with Crippen LogP contribution in [0.25, 0.3) is 0 Å². The number of rotatable bonds is 13. The van der Waals surface area contributed by atoms with Crippen molar-refractivity contribution in [2.75, 3.05) is 31.7 Å².